The maximum Gasteiger partial charge on any atom is 0.222 e. The Hall–Kier alpha value is -1.35. The summed E-state index contributed by atoms with van der Waals surface area (Å²) >= 11 is 0. The van der Waals surface area contributed by atoms with Crippen molar-refractivity contribution >= 4 is 5.91 Å². The molecule has 1 aliphatic rings. The van der Waals surface area contributed by atoms with Crippen LogP contribution >= 0.6 is 0 Å². The van der Waals surface area contributed by atoms with Gasteiger partial charge in [-0.1, -0.05) is 37.3 Å². The second kappa shape index (κ2) is 6.40. The second-order valence-electron chi connectivity index (χ2n) is 6.23. The van der Waals surface area contributed by atoms with Gasteiger partial charge in [0, 0.05) is 25.4 Å². The van der Waals surface area contributed by atoms with Gasteiger partial charge in [0.2, 0.25) is 5.91 Å². The zero-order valence-corrected chi connectivity index (χ0v) is 12.5. The molecule has 1 amide bonds. The highest BCUT2D eigenvalue weighted by molar-refractivity contribution is 5.76. The molecule has 3 heteroatoms. The SMILES string of the molecule is C[C@@H]1CN(C(=O)CCCCc2ccccc2)C[C@]1(C)O. The van der Waals surface area contributed by atoms with E-state index in [1.54, 1.807) is 0 Å². The van der Waals surface area contributed by atoms with E-state index in [0.717, 1.165) is 19.3 Å². The summed E-state index contributed by atoms with van der Waals surface area (Å²) in [7, 11) is 0. The fourth-order valence-corrected chi connectivity index (χ4v) is 2.73. The summed E-state index contributed by atoms with van der Waals surface area (Å²) < 4.78 is 0. The number of aryl methyl sites for hydroxylation is 1. The van der Waals surface area contributed by atoms with Crippen LogP contribution in [0.2, 0.25) is 0 Å². The van der Waals surface area contributed by atoms with Crippen LogP contribution in [0.4, 0.5) is 0 Å². The number of carbonyl (C=O) groups is 1. The molecule has 110 valence electrons. The highest BCUT2D eigenvalue weighted by Crippen LogP contribution is 2.27. The Kier molecular flexibility index (Phi) is 4.81. The van der Waals surface area contributed by atoms with Crippen LogP contribution < -0.4 is 0 Å². The monoisotopic (exact) mass is 275 g/mol. The molecule has 1 N–H and O–H groups in total. The van der Waals surface area contributed by atoms with E-state index in [0.29, 0.717) is 19.5 Å². The van der Waals surface area contributed by atoms with Crippen molar-refractivity contribution in [3.05, 3.63) is 35.9 Å². The van der Waals surface area contributed by atoms with Crippen LogP contribution in [-0.4, -0.2) is 34.6 Å². The molecule has 0 saturated carbocycles. The quantitative estimate of drug-likeness (QED) is 0.839. The standard InChI is InChI=1S/C17H25NO2/c1-14-12-18(13-17(14,2)20)16(19)11-7-6-10-15-8-4-3-5-9-15/h3-5,8-9,14,20H,6-7,10-13H2,1-2H3/t14-,17+/m1/s1. The third-order valence-corrected chi connectivity index (χ3v) is 4.37. The van der Waals surface area contributed by atoms with E-state index in [1.165, 1.54) is 5.56 Å². The van der Waals surface area contributed by atoms with Gasteiger partial charge in [-0.2, -0.15) is 0 Å². The Balaban J connectivity index is 1.69. The van der Waals surface area contributed by atoms with Gasteiger partial charge in [-0.25, -0.2) is 0 Å². The summed E-state index contributed by atoms with van der Waals surface area (Å²) in [6, 6.07) is 10.4. The van der Waals surface area contributed by atoms with Crippen LogP contribution in [0.3, 0.4) is 0 Å². The van der Waals surface area contributed by atoms with E-state index in [4.69, 9.17) is 0 Å². The minimum Gasteiger partial charge on any atom is -0.388 e. The molecule has 1 fully saturated rings. The van der Waals surface area contributed by atoms with Crippen molar-refractivity contribution in [2.24, 2.45) is 5.92 Å². The lowest BCUT2D eigenvalue weighted by Gasteiger charge is -2.20. The molecule has 3 nitrogen and oxygen atoms in total. The number of benzene rings is 1. The Morgan fingerprint density at radius 1 is 1.35 bits per heavy atom. The normalized spacial score (nSPS) is 25.9. The molecule has 1 aliphatic heterocycles. The minimum absolute atomic E-state index is 0.163. The van der Waals surface area contributed by atoms with E-state index in [2.05, 4.69) is 12.1 Å². The first-order valence-electron chi connectivity index (χ1n) is 7.53. The van der Waals surface area contributed by atoms with Gasteiger partial charge in [0.05, 0.1) is 5.60 Å². The van der Waals surface area contributed by atoms with Crippen molar-refractivity contribution in [1.82, 2.24) is 4.90 Å². The number of aliphatic hydroxyl groups is 1. The van der Waals surface area contributed by atoms with Gasteiger partial charge in [-0.05, 0) is 31.7 Å². The van der Waals surface area contributed by atoms with E-state index in [1.807, 2.05) is 36.9 Å². The molecule has 1 heterocycles. The minimum atomic E-state index is -0.723. The van der Waals surface area contributed by atoms with Gasteiger partial charge < -0.3 is 10.0 Å². The lowest BCUT2D eigenvalue weighted by Crippen LogP contribution is -2.35. The number of hydrogen-bond acceptors (Lipinski definition) is 2. The molecule has 0 bridgehead atoms. The Labute approximate surface area is 121 Å². The van der Waals surface area contributed by atoms with Crippen LogP contribution in [0.5, 0.6) is 0 Å². The number of nitrogens with zero attached hydrogens (tertiary/aromatic N) is 1. The Morgan fingerprint density at radius 2 is 2.05 bits per heavy atom. The first kappa shape index (κ1) is 15.0. The predicted molar refractivity (Wildman–Crippen MR) is 80.4 cm³/mol. The summed E-state index contributed by atoms with van der Waals surface area (Å²) in [5, 5.41) is 10.1. The molecule has 0 radical (unpaired) electrons. The molecule has 20 heavy (non-hydrogen) atoms. The van der Waals surface area contributed by atoms with Crippen molar-refractivity contribution in [1.29, 1.82) is 0 Å². The maximum absolute atomic E-state index is 12.1. The van der Waals surface area contributed by atoms with Crippen LogP contribution in [0.25, 0.3) is 0 Å². The van der Waals surface area contributed by atoms with Crippen LogP contribution in [-0.2, 0) is 11.2 Å². The van der Waals surface area contributed by atoms with Gasteiger partial charge in [-0.15, -0.1) is 0 Å². The molecule has 0 unspecified atom stereocenters. The van der Waals surface area contributed by atoms with E-state index in [-0.39, 0.29) is 11.8 Å². The van der Waals surface area contributed by atoms with Crippen molar-refractivity contribution in [2.45, 2.75) is 45.1 Å². The van der Waals surface area contributed by atoms with Crippen LogP contribution in [0.1, 0.15) is 38.7 Å². The number of unbranched alkanes of at least 4 members (excludes halogenated alkanes) is 1. The lowest BCUT2D eigenvalue weighted by molar-refractivity contribution is -0.131. The molecule has 0 spiro atoms. The number of hydrogen-bond donors (Lipinski definition) is 1. The highest BCUT2D eigenvalue weighted by Gasteiger charge is 2.40. The fourth-order valence-electron chi connectivity index (χ4n) is 2.73. The predicted octanol–water partition coefficient (Wildman–Crippen LogP) is 2.63. The number of β-amino-alcohol motifs (C(OH)–C–C–N with tert-alkyl or cyclic N) is 1. The zero-order valence-electron chi connectivity index (χ0n) is 12.5. The molecule has 2 rings (SSSR count). The molecular weight excluding hydrogens is 250 g/mol. The third-order valence-electron chi connectivity index (χ3n) is 4.37. The topological polar surface area (TPSA) is 40.5 Å². The van der Waals surface area contributed by atoms with Gasteiger partial charge in [-0.3, -0.25) is 4.79 Å². The van der Waals surface area contributed by atoms with Gasteiger partial charge >= 0.3 is 0 Å². The number of carbonyl (C=O) groups excluding carboxylic acids is 1. The maximum atomic E-state index is 12.1. The average Bonchev–Trinajstić information content (AvgIpc) is 2.70. The summed E-state index contributed by atoms with van der Waals surface area (Å²) in [6.07, 6.45) is 3.58. The van der Waals surface area contributed by atoms with Crippen molar-refractivity contribution in [3.63, 3.8) is 0 Å². The highest BCUT2D eigenvalue weighted by atomic mass is 16.3. The lowest BCUT2D eigenvalue weighted by atomic mass is 9.95. The molecule has 1 saturated heterocycles. The van der Waals surface area contributed by atoms with E-state index >= 15 is 0 Å². The summed E-state index contributed by atoms with van der Waals surface area (Å²) in [6.45, 7) is 4.99. The summed E-state index contributed by atoms with van der Waals surface area (Å²) in [5.41, 5.74) is 0.609. The van der Waals surface area contributed by atoms with Crippen molar-refractivity contribution in [3.8, 4) is 0 Å². The average molecular weight is 275 g/mol. The number of amides is 1. The Bertz CT molecular complexity index is 442. The largest absolute Gasteiger partial charge is 0.388 e. The number of likely N-dealkylation sites (tertiary alicyclic amines) is 1. The van der Waals surface area contributed by atoms with E-state index < -0.39 is 5.60 Å². The summed E-state index contributed by atoms with van der Waals surface area (Å²) in [4.78, 5) is 13.9. The molecule has 1 aromatic rings. The fraction of sp³-hybridized carbons (Fsp3) is 0.588. The zero-order chi connectivity index (χ0) is 14.6. The van der Waals surface area contributed by atoms with Crippen LogP contribution in [0.15, 0.2) is 30.3 Å². The smallest absolute Gasteiger partial charge is 0.222 e. The first-order valence-corrected chi connectivity index (χ1v) is 7.53. The second-order valence-corrected chi connectivity index (χ2v) is 6.23. The van der Waals surface area contributed by atoms with Crippen LogP contribution in [0, 0.1) is 5.92 Å². The van der Waals surface area contributed by atoms with Crippen molar-refractivity contribution in [2.75, 3.05) is 13.1 Å². The van der Waals surface area contributed by atoms with Crippen molar-refractivity contribution < 1.29 is 9.90 Å². The van der Waals surface area contributed by atoms with Gasteiger partial charge in [0.25, 0.3) is 0 Å². The van der Waals surface area contributed by atoms with E-state index in [9.17, 15) is 9.90 Å². The van der Waals surface area contributed by atoms with Gasteiger partial charge in [0.1, 0.15) is 0 Å². The Morgan fingerprint density at radius 3 is 2.65 bits per heavy atom. The first-order chi connectivity index (χ1) is 9.49. The molecule has 2 atom stereocenters. The molecule has 1 aromatic carbocycles. The molecule has 0 aromatic heterocycles. The molecular formula is C17H25NO2. The number of rotatable bonds is 5. The third kappa shape index (κ3) is 3.83. The molecule has 0 aliphatic carbocycles. The van der Waals surface area contributed by atoms with Gasteiger partial charge in [0.15, 0.2) is 0 Å². The summed E-state index contributed by atoms with van der Waals surface area (Å²) in [5.74, 6) is 0.346.